The van der Waals surface area contributed by atoms with Crippen LogP contribution in [0.15, 0.2) is 231 Å². The number of anilines is 6. The Morgan fingerprint density at radius 3 is 0.924 bits per heavy atom. The Morgan fingerprint density at radius 2 is 0.561 bits per heavy atom. The van der Waals surface area contributed by atoms with Crippen LogP contribution in [0.2, 0.25) is 26.2 Å². The summed E-state index contributed by atoms with van der Waals surface area (Å²) in [6, 6.07) is 85.5. The van der Waals surface area contributed by atoms with Gasteiger partial charge in [0.15, 0.2) is 0 Å². The summed E-state index contributed by atoms with van der Waals surface area (Å²) in [6.07, 6.45) is 0. The molecule has 316 valence electrons. The van der Waals surface area contributed by atoms with E-state index >= 15 is 0 Å². The summed E-state index contributed by atoms with van der Waals surface area (Å²) in [4.78, 5) is 4.84. The molecule has 0 bridgehead atoms. The van der Waals surface area contributed by atoms with E-state index in [1.54, 1.807) is 0 Å². The fourth-order valence-electron chi connectivity index (χ4n) is 11.0. The molecular formula is C62H50N2Si2. The molecule has 66 heavy (non-hydrogen) atoms. The fourth-order valence-corrected chi connectivity index (χ4v) is 17.2. The average Bonchev–Trinajstić information content (AvgIpc) is 3.75. The van der Waals surface area contributed by atoms with Crippen molar-refractivity contribution in [1.29, 1.82) is 0 Å². The van der Waals surface area contributed by atoms with Gasteiger partial charge in [0.2, 0.25) is 0 Å². The van der Waals surface area contributed by atoms with Crippen molar-refractivity contribution in [3.63, 3.8) is 0 Å². The molecule has 0 atom stereocenters. The monoisotopic (exact) mass is 878 g/mol. The Morgan fingerprint density at radius 1 is 0.258 bits per heavy atom. The SMILES string of the molecule is C[Si]1(C)c2cc(N(c3ccccc3)c3ccc(-c4ccccc4)cc3)ccc2-c2c1ccc1c3c(ccc21)[Si](C)(C)c1cc(N(c2ccccc2)c2ccc(-c4ccccc4)cc2)ccc1-3. The standard InChI is InChI=1S/C62H50N2Si2/c1-65(2)57-39-37-54-53(61(57)55-35-33-51(41-59(55)65)63(47-21-13-7-14-22-47)49-29-25-45(26-30-49)43-17-9-5-10-18-43)38-40-58-62(54)56-36-34-52(42-60(56)66(58,3)4)64(48-23-15-8-16-24-48)50-31-27-46(28-32-50)44-19-11-6-12-20-44/h5-42H,1-4H3. The third kappa shape index (κ3) is 6.43. The van der Waals surface area contributed by atoms with Crippen molar-refractivity contribution in [2.75, 3.05) is 9.80 Å². The highest BCUT2D eigenvalue weighted by atomic mass is 28.3. The van der Waals surface area contributed by atoms with Gasteiger partial charge >= 0.3 is 0 Å². The first-order valence-corrected chi connectivity index (χ1v) is 29.2. The zero-order valence-electron chi connectivity index (χ0n) is 37.8. The third-order valence-corrected chi connectivity index (χ3v) is 21.5. The van der Waals surface area contributed by atoms with Crippen LogP contribution in [-0.2, 0) is 0 Å². The van der Waals surface area contributed by atoms with Crippen LogP contribution in [0.25, 0.3) is 55.3 Å². The summed E-state index contributed by atoms with van der Waals surface area (Å²) < 4.78 is 0. The van der Waals surface area contributed by atoms with Crippen molar-refractivity contribution in [2.24, 2.45) is 0 Å². The van der Waals surface area contributed by atoms with Gasteiger partial charge in [-0.1, -0.05) is 184 Å². The first-order chi connectivity index (χ1) is 32.3. The molecule has 0 fully saturated rings. The maximum atomic E-state index is 2.54. The number of hydrogen-bond donors (Lipinski definition) is 0. The van der Waals surface area contributed by atoms with E-state index < -0.39 is 16.1 Å². The van der Waals surface area contributed by atoms with Crippen molar-refractivity contribution in [3.05, 3.63) is 231 Å². The quantitative estimate of drug-likeness (QED) is 0.140. The molecule has 0 saturated heterocycles. The molecule has 4 heteroatoms. The molecule has 0 N–H and O–H groups in total. The lowest BCUT2D eigenvalue weighted by atomic mass is 9.92. The summed E-state index contributed by atoms with van der Waals surface area (Å²) in [7, 11) is -4.18. The molecule has 0 radical (unpaired) electrons. The van der Waals surface area contributed by atoms with Crippen LogP contribution in [0.5, 0.6) is 0 Å². The van der Waals surface area contributed by atoms with E-state index in [2.05, 4.69) is 267 Å². The lowest BCUT2D eigenvalue weighted by Gasteiger charge is -2.27. The predicted octanol–water partition coefficient (Wildman–Crippen LogP) is 14.7. The summed E-state index contributed by atoms with van der Waals surface area (Å²) in [5, 5.41) is 8.82. The van der Waals surface area contributed by atoms with Crippen LogP contribution in [0.4, 0.5) is 34.1 Å². The molecule has 0 aromatic heterocycles. The molecule has 0 unspecified atom stereocenters. The van der Waals surface area contributed by atoms with Crippen LogP contribution in [0.3, 0.4) is 0 Å². The number of fused-ring (bicyclic) bond motifs is 9. The summed E-state index contributed by atoms with van der Waals surface area (Å²) in [6.45, 7) is 10.2. The Balaban J connectivity index is 0.951. The van der Waals surface area contributed by atoms with E-state index in [1.165, 1.54) is 87.4 Å². The molecular weight excluding hydrogens is 829 g/mol. The minimum absolute atomic E-state index is 1.15. The molecule has 0 spiro atoms. The van der Waals surface area contributed by atoms with E-state index in [-0.39, 0.29) is 0 Å². The molecule has 10 aromatic carbocycles. The van der Waals surface area contributed by atoms with Gasteiger partial charge in [-0.2, -0.15) is 0 Å². The topological polar surface area (TPSA) is 6.48 Å². The van der Waals surface area contributed by atoms with Gasteiger partial charge in [-0.05, 0) is 149 Å². The zero-order valence-corrected chi connectivity index (χ0v) is 39.8. The second-order valence-corrected chi connectivity index (χ2v) is 27.6. The van der Waals surface area contributed by atoms with Gasteiger partial charge in [0.25, 0.3) is 0 Å². The van der Waals surface area contributed by atoms with E-state index in [0.717, 1.165) is 22.7 Å². The molecule has 10 aromatic rings. The minimum atomic E-state index is -2.09. The number of nitrogens with zero attached hydrogens (tertiary/aromatic N) is 2. The lowest BCUT2D eigenvalue weighted by Crippen LogP contribution is -2.49. The van der Waals surface area contributed by atoms with E-state index in [0.29, 0.717) is 0 Å². The van der Waals surface area contributed by atoms with Crippen LogP contribution < -0.4 is 30.5 Å². The zero-order chi connectivity index (χ0) is 44.6. The molecule has 12 rings (SSSR count). The second kappa shape index (κ2) is 15.6. The molecule has 0 amide bonds. The Labute approximate surface area is 390 Å². The molecule has 0 aliphatic carbocycles. The Hall–Kier alpha value is -7.51. The predicted molar refractivity (Wildman–Crippen MR) is 289 cm³/mol. The highest BCUT2D eigenvalue weighted by Crippen LogP contribution is 2.44. The molecule has 2 aliphatic rings. The first-order valence-electron chi connectivity index (χ1n) is 23.2. The van der Waals surface area contributed by atoms with E-state index in [1.807, 2.05) is 0 Å². The van der Waals surface area contributed by atoms with Gasteiger partial charge in [0.05, 0.1) is 0 Å². The van der Waals surface area contributed by atoms with Gasteiger partial charge < -0.3 is 9.80 Å². The number of hydrogen-bond acceptors (Lipinski definition) is 2. The van der Waals surface area contributed by atoms with Gasteiger partial charge in [0.1, 0.15) is 16.1 Å². The highest BCUT2D eigenvalue weighted by Gasteiger charge is 2.42. The fraction of sp³-hybridized carbons (Fsp3) is 0.0645. The number of para-hydroxylation sites is 2. The summed E-state index contributed by atoms with van der Waals surface area (Å²) in [5.74, 6) is 0. The largest absolute Gasteiger partial charge is 0.311 e. The van der Waals surface area contributed by atoms with Crippen LogP contribution in [0, 0.1) is 0 Å². The van der Waals surface area contributed by atoms with Crippen LogP contribution >= 0.6 is 0 Å². The lowest BCUT2D eigenvalue weighted by molar-refractivity contribution is 1.29. The first kappa shape index (κ1) is 40.0. The van der Waals surface area contributed by atoms with E-state index in [4.69, 9.17) is 0 Å². The van der Waals surface area contributed by atoms with Crippen molar-refractivity contribution in [3.8, 4) is 44.5 Å². The number of rotatable bonds is 8. The van der Waals surface area contributed by atoms with Gasteiger partial charge in [0, 0.05) is 34.1 Å². The smallest absolute Gasteiger partial charge is 0.113 e. The van der Waals surface area contributed by atoms with Crippen LogP contribution in [0.1, 0.15) is 0 Å². The van der Waals surface area contributed by atoms with Crippen molar-refractivity contribution >= 4 is 81.8 Å². The Bertz CT molecular complexity index is 3210. The van der Waals surface area contributed by atoms with Gasteiger partial charge in [-0.3, -0.25) is 0 Å². The maximum Gasteiger partial charge on any atom is 0.113 e. The van der Waals surface area contributed by atoms with E-state index in [9.17, 15) is 0 Å². The molecule has 2 nitrogen and oxygen atoms in total. The van der Waals surface area contributed by atoms with Crippen LogP contribution in [-0.4, -0.2) is 16.1 Å². The van der Waals surface area contributed by atoms with Crippen molar-refractivity contribution in [2.45, 2.75) is 26.2 Å². The second-order valence-electron chi connectivity index (χ2n) is 18.9. The maximum absolute atomic E-state index is 2.54. The molecule has 2 aliphatic heterocycles. The van der Waals surface area contributed by atoms with Gasteiger partial charge in [-0.25, -0.2) is 0 Å². The Kier molecular flexibility index (Phi) is 9.46. The normalized spacial score (nSPS) is 13.7. The van der Waals surface area contributed by atoms with Crippen molar-refractivity contribution < 1.29 is 0 Å². The summed E-state index contributed by atoms with van der Waals surface area (Å²) in [5.41, 5.74) is 17.6. The third-order valence-electron chi connectivity index (χ3n) is 14.4. The molecule has 2 heterocycles. The highest BCUT2D eigenvalue weighted by molar-refractivity contribution is 7.05. The van der Waals surface area contributed by atoms with Crippen molar-refractivity contribution in [1.82, 2.24) is 0 Å². The number of benzene rings is 10. The molecule has 0 saturated carbocycles. The van der Waals surface area contributed by atoms with Gasteiger partial charge in [-0.15, -0.1) is 0 Å². The average molecular weight is 879 g/mol. The minimum Gasteiger partial charge on any atom is -0.311 e. The summed E-state index contributed by atoms with van der Waals surface area (Å²) >= 11 is 0.